The molecule has 0 amide bonds. The molecule has 0 atom stereocenters. The van der Waals surface area contributed by atoms with E-state index in [4.69, 9.17) is 11.6 Å². The highest BCUT2D eigenvalue weighted by atomic mass is 35.5. The van der Waals surface area contributed by atoms with Gasteiger partial charge in [-0.05, 0) is 60.4 Å². The van der Waals surface area contributed by atoms with Crippen molar-refractivity contribution in [3.63, 3.8) is 0 Å². The number of aryl methyl sites for hydroxylation is 1. The highest BCUT2D eigenvalue weighted by molar-refractivity contribution is 7.90. The Labute approximate surface area is 189 Å². The van der Waals surface area contributed by atoms with Gasteiger partial charge in [0.15, 0.2) is 0 Å². The lowest BCUT2D eigenvalue weighted by Crippen LogP contribution is -2.34. The normalized spacial score (nSPS) is 14.3. The number of benzene rings is 2. The van der Waals surface area contributed by atoms with Gasteiger partial charge in [0.25, 0.3) is 0 Å². The summed E-state index contributed by atoms with van der Waals surface area (Å²) in [6.45, 7) is 4.28. The summed E-state index contributed by atoms with van der Waals surface area (Å²) >= 11 is 5.99. The van der Waals surface area contributed by atoms with Crippen molar-refractivity contribution in [1.29, 1.82) is 0 Å². The number of nitrogens with zero attached hydrogens (tertiary/aromatic N) is 2. The number of anilines is 2. The Kier molecular flexibility index (Phi) is 6.32. The van der Waals surface area contributed by atoms with E-state index in [9.17, 15) is 8.42 Å². The number of halogens is 1. The Bertz CT molecular complexity index is 1190. The minimum absolute atomic E-state index is 0.200. The van der Waals surface area contributed by atoms with E-state index in [1.165, 1.54) is 17.4 Å². The number of nitrogens with one attached hydrogen (secondary N) is 1. The van der Waals surface area contributed by atoms with Gasteiger partial charge >= 0.3 is 0 Å². The molecular weight excluding hydrogens is 430 g/mol. The number of hydrogen-bond acceptors (Lipinski definition) is 5. The first-order valence-corrected chi connectivity index (χ1v) is 12.7. The third-order valence-electron chi connectivity index (χ3n) is 5.64. The van der Waals surface area contributed by atoms with Crippen LogP contribution in [0.1, 0.15) is 16.7 Å². The molecule has 1 aliphatic heterocycles. The van der Waals surface area contributed by atoms with Crippen molar-refractivity contribution in [2.75, 3.05) is 30.4 Å². The topological polar surface area (TPSA) is 62.3 Å². The molecule has 31 heavy (non-hydrogen) atoms. The molecule has 2 aromatic carbocycles. The molecule has 0 unspecified atom stereocenters. The van der Waals surface area contributed by atoms with E-state index in [2.05, 4.69) is 58.5 Å². The van der Waals surface area contributed by atoms with E-state index in [-0.39, 0.29) is 5.75 Å². The Hall–Kier alpha value is -2.41. The Morgan fingerprint density at radius 2 is 2.00 bits per heavy atom. The first-order chi connectivity index (χ1) is 14.8. The van der Waals surface area contributed by atoms with Crippen molar-refractivity contribution in [3.8, 4) is 11.3 Å². The van der Waals surface area contributed by atoms with Gasteiger partial charge in [0.1, 0.15) is 9.84 Å². The first kappa shape index (κ1) is 21.8. The second kappa shape index (κ2) is 8.99. The third kappa shape index (κ3) is 5.45. The number of hydrogen-bond donors (Lipinski definition) is 1. The van der Waals surface area contributed by atoms with Crippen LogP contribution in [-0.2, 0) is 22.8 Å². The van der Waals surface area contributed by atoms with Crippen LogP contribution in [0.15, 0.2) is 54.7 Å². The molecule has 7 heteroatoms. The Morgan fingerprint density at radius 3 is 2.74 bits per heavy atom. The van der Waals surface area contributed by atoms with Crippen LogP contribution in [0.3, 0.4) is 0 Å². The molecule has 4 rings (SSSR count). The zero-order chi connectivity index (χ0) is 22.0. The summed E-state index contributed by atoms with van der Waals surface area (Å²) in [6, 6.07) is 16.4. The summed E-state index contributed by atoms with van der Waals surface area (Å²) in [5, 5.41) is 4.21. The fourth-order valence-electron chi connectivity index (χ4n) is 3.94. The lowest BCUT2D eigenvalue weighted by molar-refractivity contribution is 0.269. The minimum atomic E-state index is -2.95. The fraction of sp³-hybridized carbons (Fsp3) is 0.292. The van der Waals surface area contributed by atoms with Gasteiger partial charge in [0, 0.05) is 49.0 Å². The molecule has 0 saturated carbocycles. The standard InChI is InChI=1S/C24H26ClN3O2S/c1-17-6-8-20(14-22(17)23-9-7-19(25)15-26-23)27-24-5-3-4-18-16-28(11-10-21(18)24)12-13-31(2,29)30/h3-9,14-15,27H,10-13,16H2,1-2H3. The second-order valence-corrected chi connectivity index (χ2v) is 10.8. The monoisotopic (exact) mass is 455 g/mol. The predicted molar refractivity (Wildman–Crippen MR) is 128 cm³/mol. The zero-order valence-corrected chi connectivity index (χ0v) is 19.3. The second-order valence-electron chi connectivity index (χ2n) is 8.12. The van der Waals surface area contributed by atoms with E-state index in [1.807, 2.05) is 12.1 Å². The van der Waals surface area contributed by atoms with Crippen molar-refractivity contribution >= 4 is 32.8 Å². The largest absolute Gasteiger partial charge is 0.355 e. The van der Waals surface area contributed by atoms with Crippen LogP contribution in [0.5, 0.6) is 0 Å². The van der Waals surface area contributed by atoms with Crippen LogP contribution in [0.4, 0.5) is 11.4 Å². The van der Waals surface area contributed by atoms with Gasteiger partial charge in [-0.1, -0.05) is 29.8 Å². The molecule has 0 fully saturated rings. The summed E-state index contributed by atoms with van der Waals surface area (Å²) in [7, 11) is -2.95. The lowest BCUT2D eigenvalue weighted by atomic mass is 9.97. The van der Waals surface area contributed by atoms with Gasteiger partial charge in [-0.15, -0.1) is 0 Å². The van der Waals surface area contributed by atoms with Crippen molar-refractivity contribution in [2.45, 2.75) is 19.9 Å². The first-order valence-electron chi connectivity index (χ1n) is 10.3. The maximum Gasteiger partial charge on any atom is 0.148 e. The van der Waals surface area contributed by atoms with E-state index in [0.717, 1.165) is 47.7 Å². The van der Waals surface area contributed by atoms with Gasteiger partial charge in [-0.2, -0.15) is 0 Å². The average molecular weight is 456 g/mol. The Morgan fingerprint density at radius 1 is 1.16 bits per heavy atom. The van der Waals surface area contributed by atoms with E-state index >= 15 is 0 Å². The number of pyridine rings is 1. The predicted octanol–water partition coefficient (Wildman–Crippen LogP) is 4.86. The average Bonchev–Trinajstić information content (AvgIpc) is 2.74. The lowest BCUT2D eigenvalue weighted by Gasteiger charge is -2.30. The fourth-order valence-corrected chi connectivity index (χ4v) is 4.64. The quantitative estimate of drug-likeness (QED) is 0.575. The molecule has 5 nitrogen and oxygen atoms in total. The highest BCUT2D eigenvalue weighted by Gasteiger charge is 2.20. The van der Waals surface area contributed by atoms with E-state index in [0.29, 0.717) is 11.6 Å². The molecule has 3 aromatic rings. The van der Waals surface area contributed by atoms with Crippen molar-refractivity contribution in [1.82, 2.24) is 9.88 Å². The number of rotatable bonds is 6. The third-order valence-corrected chi connectivity index (χ3v) is 6.79. The molecule has 0 spiro atoms. The number of aromatic nitrogens is 1. The molecule has 0 saturated heterocycles. The van der Waals surface area contributed by atoms with Crippen LogP contribution in [0, 0.1) is 6.92 Å². The highest BCUT2D eigenvalue weighted by Crippen LogP contribution is 2.31. The van der Waals surface area contributed by atoms with E-state index in [1.54, 1.807) is 6.20 Å². The van der Waals surface area contributed by atoms with Gasteiger partial charge in [-0.25, -0.2) is 8.42 Å². The molecule has 0 radical (unpaired) electrons. The Balaban J connectivity index is 1.55. The molecule has 1 aliphatic rings. The zero-order valence-electron chi connectivity index (χ0n) is 17.7. The molecule has 1 aromatic heterocycles. The van der Waals surface area contributed by atoms with Crippen molar-refractivity contribution in [3.05, 3.63) is 76.4 Å². The maximum atomic E-state index is 11.5. The summed E-state index contributed by atoms with van der Waals surface area (Å²) in [5.41, 5.74) is 7.75. The van der Waals surface area contributed by atoms with Crippen LogP contribution in [-0.4, -0.2) is 43.4 Å². The summed E-state index contributed by atoms with van der Waals surface area (Å²) in [6.07, 6.45) is 3.85. The molecule has 2 heterocycles. The summed E-state index contributed by atoms with van der Waals surface area (Å²) in [4.78, 5) is 6.67. The van der Waals surface area contributed by atoms with E-state index < -0.39 is 9.84 Å². The SMILES string of the molecule is Cc1ccc(Nc2cccc3c2CCN(CCS(C)(=O)=O)C3)cc1-c1ccc(Cl)cn1. The summed E-state index contributed by atoms with van der Waals surface area (Å²) < 4.78 is 23.0. The van der Waals surface area contributed by atoms with Gasteiger partial charge in [0.2, 0.25) is 0 Å². The van der Waals surface area contributed by atoms with Crippen molar-refractivity contribution in [2.24, 2.45) is 0 Å². The molecule has 0 aliphatic carbocycles. The maximum absolute atomic E-state index is 11.5. The van der Waals surface area contributed by atoms with Gasteiger partial charge < -0.3 is 5.32 Å². The molecule has 162 valence electrons. The van der Waals surface area contributed by atoms with Crippen LogP contribution in [0.2, 0.25) is 5.02 Å². The van der Waals surface area contributed by atoms with Gasteiger partial charge in [-0.3, -0.25) is 9.88 Å². The van der Waals surface area contributed by atoms with Crippen molar-refractivity contribution < 1.29 is 8.42 Å². The summed E-state index contributed by atoms with van der Waals surface area (Å²) in [5.74, 6) is 0.200. The number of fused-ring (bicyclic) bond motifs is 1. The number of sulfone groups is 1. The molecule has 1 N–H and O–H groups in total. The van der Waals surface area contributed by atoms with Gasteiger partial charge in [0.05, 0.1) is 16.5 Å². The molecule has 0 bridgehead atoms. The van der Waals surface area contributed by atoms with Crippen LogP contribution in [0.25, 0.3) is 11.3 Å². The smallest absolute Gasteiger partial charge is 0.148 e. The van der Waals surface area contributed by atoms with Crippen LogP contribution >= 0.6 is 11.6 Å². The van der Waals surface area contributed by atoms with Crippen LogP contribution < -0.4 is 5.32 Å². The minimum Gasteiger partial charge on any atom is -0.355 e. The molecular formula is C24H26ClN3O2S.